The number of benzene rings is 1. The molecule has 2 rings (SSSR count). The Morgan fingerprint density at radius 2 is 2.00 bits per heavy atom. The Balaban J connectivity index is 2.10. The molecule has 0 radical (unpaired) electrons. The van der Waals surface area contributed by atoms with Gasteiger partial charge in [-0.25, -0.2) is 8.42 Å². The van der Waals surface area contributed by atoms with E-state index in [1.54, 1.807) is 24.3 Å². The number of halogens is 1. The van der Waals surface area contributed by atoms with Crippen LogP contribution in [0.3, 0.4) is 0 Å². The SMILES string of the molecule is CS(=O)(=O)CC[C@@H](N)c1nc(-c2ccc(Cl)cc2)no1. The Morgan fingerprint density at radius 3 is 2.60 bits per heavy atom. The third-order valence-electron chi connectivity index (χ3n) is 2.66. The number of nitrogens with zero attached hydrogens (tertiary/aromatic N) is 2. The predicted octanol–water partition coefficient (Wildman–Crippen LogP) is 1.82. The molecule has 1 atom stereocenters. The summed E-state index contributed by atoms with van der Waals surface area (Å²) < 4.78 is 27.2. The van der Waals surface area contributed by atoms with Crippen LogP contribution in [-0.2, 0) is 9.84 Å². The van der Waals surface area contributed by atoms with Crippen LogP contribution in [0.4, 0.5) is 0 Å². The molecule has 6 nitrogen and oxygen atoms in total. The molecule has 0 bridgehead atoms. The second-order valence-corrected chi connectivity index (χ2v) is 7.18. The molecule has 2 N–H and O–H groups in total. The monoisotopic (exact) mass is 315 g/mol. The molecule has 1 heterocycles. The Labute approximate surface area is 121 Å². The summed E-state index contributed by atoms with van der Waals surface area (Å²) in [4.78, 5) is 4.17. The number of hydrogen-bond acceptors (Lipinski definition) is 6. The van der Waals surface area contributed by atoms with Gasteiger partial charge in [0.05, 0.1) is 11.8 Å². The Hall–Kier alpha value is -1.44. The molecule has 1 aromatic heterocycles. The highest BCUT2D eigenvalue weighted by molar-refractivity contribution is 7.90. The van der Waals surface area contributed by atoms with Crippen LogP contribution in [0, 0.1) is 0 Å². The van der Waals surface area contributed by atoms with Crippen molar-refractivity contribution in [2.45, 2.75) is 12.5 Å². The minimum atomic E-state index is -3.06. The first kappa shape index (κ1) is 15.0. The summed E-state index contributed by atoms with van der Waals surface area (Å²) in [5, 5.41) is 4.44. The first-order valence-corrected chi connectivity index (χ1v) is 8.32. The quantitative estimate of drug-likeness (QED) is 0.903. The van der Waals surface area contributed by atoms with Crippen molar-refractivity contribution >= 4 is 21.4 Å². The van der Waals surface area contributed by atoms with Gasteiger partial charge in [-0.3, -0.25) is 0 Å². The fourth-order valence-corrected chi connectivity index (χ4v) is 2.37. The van der Waals surface area contributed by atoms with Crippen LogP contribution in [0.15, 0.2) is 28.8 Å². The second-order valence-electron chi connectivity index (χ2n) is 4.49. The van der Waals surface area contributed by atoms with Gasteiger partial charge in [0, 0.05) is 16.8 Å². The molecule has 0 fully saturated rings. The van der Waals surface area contributed by atoms with E-state index in [0.717, 1.165) is 11.8 Å². The van der Waals surface area contributed by atoms with E-state index in [4.69, 9.17) is 21.9 Å². The van der Waals surface area contributed by atoms with E-state index in [1.807, 2.05) is 0 Å². The fraction of sp³-hybridized carbons (Fsp3) is 0.333. The van der Waals surface area contributed by atoms with Crippen molar-refractivity contribution in [1.82, 2.24) is 10.1 Å². The summed E-state index contributed by atoms with van der Waals surface area (Å²) in [7, 11) is -3.06. The zero-order valence-electron chi connectivity index (χ0n) is 10.8. The third-order valence-corrected chi connectivity index (χ3v) is 3.89. The first-order valence-electron chi connectivity index (χ1n) is 5.88. The van der Waals surface area contributed by atoms with E-state index in [0.29, 0.717) is 10.8 Å². The van der Waals surface area contributed by atoms with Crippen LogP contribution >= 0.6 is 11.6 Å². The van der Waals surface area contributed by atoms with Gasteiger partial charge in [0.2, 0.25) is 11.7 Å². The third kappa shape index (κ3) is 4.03. The molecule has 8 heteroatoms. The average molecular weight is 316 g/mol. The van der Waals surface area contributed by atoms with Gasteiger partial charge in [0.25, 0.3) is 0 Å². The van der Waals surface area contributed by atoms with E-state index in [-0.39, 0.29) is 18.1 Å². The van der Waals surface area contributed by atoms with Gasteiger partial charge in [0.1, 0.15) is 9.84 Å². The summed E-state index contributed by atoms with van der Waals surface area (Å²) in [6, 6.07) is 6.36. The van der Waals surface area contributed by atoms with Crippen molar-refractivity contribution in [3.05, 3.63) is 35.2 Å². The van der Waals surface area contributed by atoms with Crippen molar-refractivity contribution in [2.75, 3.05) is 12.0 Å². The minimum Gasteiger partial charge on any atom is -0.337 e. The van der Waals surface area contributed by atoms with Gasteiger partial charge in [-0.15, -0.1) is 0 Å². The van der Waals surface area contributed by atoms with Crippen molar-refractivity contribution in [3.8, 4) is 11.4 Å². The summed E-state index contributed by atoms with van der Waals surface area (Å²) in [6.45, 7) is 0. The lowest BCUT2D eigenvalue weighted by molar-refractivity contribution is 0.352. The average Bonchev–Trinajstić information content (AvgIpc) is 2.85. The number of rotatable bonds is 5. The molecule has 20 heavy (non-hydrogen) atoms. The van der Waals surface area contributed by atoms with Crippen molar-refractivity contribution in [1.29, 1.82) is 0 Å². The Kier molecular flexibility index (Phi) is 4.42. The predicted molar refractivity (Wildman–Crippen MR) is 76.0 cm³/mol. The van der Waals surface area contributed by atoms with Crippen LogP contribution in [0.2, 0.25) is 5.02 Å². The molecule has 0 unspecified atom stereocenters. The van der Waals surface area contributed by atoms with E-state index >= 15 is 0 Å². The number of sulfone groups is 1. The number of nitrogens with two attached hydrogens (primary N) is 1. The summed E-state index contributed by atoms with van der Waals surface area (Å²) >= 11 is 5.80. The summed E-state index contributed by atoms with van der Waals surface area (Å²) in [5.41, 5.74) is 6.59. The van der Waals surface area contributed by atoms with E-state index in [1.165, 1.54) is 0 Å². The van der Waals surface area contributed by atoms with Crippen LogP contribution in [0.5, 0.6) is 0 Å². The Morgan fingerprint density at radius 1 is 1.35 bits per heavy atom. The fourth-order valence-electron chi connectivity index (χ4n) is 1.57. The molecule has 0 aliphatic carbocycles. The molecule has 0 aliphatic rings. The highest BCUT2D eigenvalue weighted by Gasteiger charge is 2.17. The molecule has 0 saturated heterocycles. The van der Waals surface area contributed by atoms with E-state index in [2.05, 4.69) is 10.1 Å². The molecule has 0 aliphatic heterocycles. The summed E-state index contributed by atoms with van der Waals surface area (Å²) in [6.07, 6.45) is 1.40. The highest BCUT2D eigenvalue weighted by atomic mass is 35.5. The van der Waals surface area contributed by atoms with Crippen LogP contribution < -0.4 is 5.73 Å². The maximum absolute atomic E-state index is 11.1. The van der Waals surface area contributed by atoms with Crippen molar-refractivity contribution < 1.29 is 12.9 Å². The van der Waals surface area contributed by atoms with E-state index in [9.17, 15) is 8.42 Å². The number of aromatic nitrogens is 2. The molecule has 2 aromatic rings. The highest BCUT2D eigenvalue weighted by Crippen LogP contribution is 2.21. The standard InChI is InChI=1S/C12H14ClN3O3S/c1-20(17,18)7-6-10(14)12-15-11(16-19-12)8-2-4-9(13)5-3-8/h2-5,10H,6-7,14H2,1H3/t10-/m1/s1. The lowest BCUT2D eigenvalue weighted by Crippen LogP contribution is -2.16. The van der Waals surface area contributed by atoms with Crippen LogP contribution in [0.1, 0.15) is 18.4 Å². The minimum absolute atomic E-state index is 0.0210. The lowest BCUT2D eigenvalue weighted by atomic mass is 10.2. The lowest BCUT2D eigenvalue weighted by Gasteiger charge is -2.04. The topological polar surface area (TPSA) is 99.1 Å². The maximum Gasteiger partial charge on any atom is 0.243 e. The second kappa shape index (κ2) is 5.90. The number of hydrogen-bond donors (Lipinski definition) is 1. The maximum atomic E-state index is 11.1. The van der Waals surface area contributed by atoms with Crippen LogP contribution in [0.25, 0.3) is 11.4 Å². The smallest absolute Gasteiger partial charge is 0.243 e. The molecule has 0 saturated carbocycles. The zero-order chi connectivity index (χ0) is 14.8. The zero-order valence-corrected chi connectivity index (χ0v) is 12.4. The molecule has 1 aromatic carbocycles. The van der Waals surface area contributed by atoms with Crippen molar-refractivity contribution in [3.63, 3.8) is 0 Å². The molecule has 0 spiro atoms. The summed E-state index contributed by atoms with van der Waals surface area (Å²) in [5.74, 6) is 0.595. The van der Waals surface area contributed by atoms with Crippen molar-refractivity contribution in [2.24, 2.45) is 5.73 Å². The molecular formula is C12H14ClN3O3S. The van der Waals surface area contributed by atoms with Crippen LogP contribution in [-0.4, -0.2) is 30.6 Å². The molecule has 0 amide bonds. The molecule has 108 valence electrons. The van der Waals surface area contributed by atoms with Gasteiger partial charge in [-0.05, 0) is 30.7 Å². The molecular weight excluding hydrogens is 302 g/mol. The van der Waals surface area contributed by atoms with Gasteiger partial charge in [-0.2, -0.15) is 4.98 Å². The Bertz CT molecular complexity index is 682. The largest absolute Gasteiger partial charge is 0.337 e. The van der Waals surface area contributed by atoms with E-state index < -0.39 is 15.9 Å². The van der Waals surface area contributed by atoms with Gasteiger partial charge in [0.15, 0.2) is 0 Å². The van der Waals surface area contributed by atoms with Gasteiger partial charge >= 0.3 is 0 Å². The van der Waals surface area contributed by atoms with Gasteiger partial charge < -0.3 is 10.3 Å². The van der Waals surface area contributed by atoms with Gasteiger partial charge in [-0.1, -0.05) is 16.8 Å². The first-order chi connectivity index (χ1) is 9.35. The normalized spacial score (nSPS) is 13.3.